The molecule has 1 aromatic carbocycles. The van der Waals surface area contributed by atoms with E-state index in [2.05, 4.69) is 54.1 Å². The molecule has 0 aliphatic carbocycles. The molecule has 3 rings (SSSR count). The minimum atomic E-state index is 0.787. The lowest BCUT2D eigenvalue weighted by Gasteiger charge is -2.28. The Morgan fingerprint density at radius 2 is 1.85 bits per heavy atom. The molecule has 0 radical (unpaired) electrons. The van der Waals surface area contributed by atoms with Gasteiger partial charge in [-0.15, -0.1) is 0 Å². The van der Waals surface area contributed by atoms with Gasteiger partial charge in [0.15, 0.2) is 0 Å². The number of hydrogen-bond acceptors (Lipinski definition) is 3. The Morgan fingerprint density at radius 1 is 1.05 bits per heavy atom. The average molecular weight is 268 g/mol. The first-order valence-electron chi connectivity index (χ1n) is 7.10. The fraction of sp³-hybridized carbons (Fsp3) is 0.353. The quantitative estimate of drug-likeness (QED) is 0.836. The molecule has 3 nitrogen and oxygen atoms in total. The molecule has 2 heterocycles. The molecule has 3 heteroatoms. The summed E-state index contributed by atoms with van der Waals surface area (Å²) < 4.78 is 5.40. The third-order valence-corrected chi connectivity index (χ3v) is 3.78. The molecule has 0 spiro atoms. The molecule has 0 amide bonds. The smallest absolute Gasteiger partial charge is 0.129 e. The maximum atomic E-state index is 5.40. The van der Waals surface area contributed by atoms with Crippen LogP contribution in [0.1, 0.15) is 11.1 Å². The highest BCUT2D eigenvalue weighted by atomic mass is 16.5. The number of hydrogen-bond donors (Lipinski definition) is 0. The molecule has 1 saturated heterocycles. The number of nitrogens with zero attached hydrogens (tertiary/aromatic N) is 2. The molecule has 0 bridgehead atoms. The summed E-state index contributed by atoms with van der Waals surface area (Å²) in [6.45, 7) is 7.70. The van der Waals surface area contributed by atoms with Gasteiger partial charge in [0.05, 0.1) is 13.2 Å². The van der Waals surface area contributed by atoms with Crippen LogP contribution in [0.2, 0.25) is 0 Å². The van der Waals surface area contributed by atoms with Gasteiger partial charge in [0.1, 0.15) is 5.82 Å². The first kappa shape index (κ1) is 13.1. The number of benzene rings is 1. The Morgan fingerprint density at radius 3 is 2.65 bits per heavy atom. The molecule has 0 unspecified atom stereocenters. The van der Waals surface area contributed by atoms with Crippen LogP contribution < -0.4 is 4.90 Å². The summed E-state index contributed by atoms with van der Waals surface area (Å²) in [5.41, 5.74) is 5.12. The average Bonchev–Trinajstić information content (AvgIpc) is 2.51. The highest BCUT2D eigenvalue weighted by Gasteiger charge is 2.13. The minimum Gasteiger partial charge on any atom is -0.378 e. The Balaban J connectivity index is 1.96. The number of aromatic nitrogens is 1. The molecule has 0 atom stereocenters. The van der Waals surface area contributed by atoms with Gasteiger partial charge < -0.3 is 9.64 Å². The maximum Gasteiger partial charge on any atom is 0.129 e. The van der Waals surface area contributed by atoms with Crippen molar-refractivity contribution in [1.29, 1.82) is 0 Å². The lowest BCUT2D eigenvalue weighted by Crippen LogP contribution is -2.36. The van der Waals surface area contributed by atoms with Gasteiger partial charge in [0.2, 0.25) is 0 Å². The molecule has 2 aromatic rings. The van der Waals surface area contributed by atoms with Crippen molar-refractivity contribution in [3.63, 3.8) is 0 Å². The largest absolute Gasteiger partial charge is 0.378 e. The van der Waals surface area contributed by atoms with Gasteiger partial charge in [-0.3, -0.25) is 0 Å². The monoisotopic (exact) mass is 268 g/mol. The molecule has 0 N–H and O–H groups in total. The lowest BCUT2D eigenvalue weighted by atomic mass is 9.99. The fourth-order valence-electron chi connectivity index (χ4n) is 2.60. The summed E-state index contributed by atoms with van der Waals surface area (Å²) in [7, 11) is 0. The fourth-order valence-corrected chi connectivity index (χ4v) is 2.60. The summed E-state index contributed by atoms with van der Waals surface area (Å²) in [6, 6.07) is 10.9. The van der Waals surface area contributed by atoms with Crippen molar-refractivity contribution in [3.05, 3.63) is 47.7 Å². The third-order valence-electron chi connectivity index (χ3n) is 3.78. The molecule has 104 valence electrons. The summed E-state index contributed by atoms with van der Waals surface area (Å²) >= 11 is 0. The number of pyridine rings is 1. The van der Waals surface area contributed by atoms with Crippen molar-refractivity contribution in [1.82, 2.24) is 4.98 Å². The van der Waals surface area contributed by atoms with E-state index < -0.39 is 0 Å². The minimum absolute atomic E-state index is 0.787. The Bertz CT molecular complexity index is 604. The molecular formula is C17H20N2O. The lowest BCUT2D eigenvalue weighted by molar-refractivity contribution is 0.122. The maximum absolute atomic E-state index is 5.40. The van der Waals surface area contributed by atoms with E-state index in [1.165, 1.54) is 22.3 Å². The topological polar surface area (TPSA) is 25.4 Å². The van der Waals surface area contributed by atoms with Gasteiger partial charge in [-0.2, -0.15) is 0 Å². The van der Waals surface area contributed by atoms with Crippen molar-refractivity contribution < 1.29 is 4.74 Å². The van der Waals surface area contributed by atoms with Crippen molar-refractivity contribution >= 4 is 5.82 Å². The first-order chi connectivity index (χ1) is 9.74. The van der Waals surface area contributed by atoms with Gasteiger partial charge in [-0.05, 0) is 42.7 Å². The predicted octanol–water partition coefficient (Wildman–Crippen LogP) is 3.20. The van der Waals surface area contributed by atoms with Crippen LogP contribution in [0, 0.1) is 13.8 Å². The van der Waals surface area contributed by atoms with E-state index in [0.29, 0.717) is 0 Å². The van der Waals surface area contributed by atoms with E-state index in [0.717, 1.165) is 32.1 Å². The molecule has 1 aromatic heterocycles. The SMILES string of the molecule is Cc1ccc(C)c(-c2ccnc(N3CCOCC3)c2)c1. The number of anilines is 1. The van der Waals surface area contributed by atoms with Crippen LogP contribution in [0.4, 0.5) is 5.82 Å². The molecule has 0 saturated carbocycles. The third kappa shape index (κ3) is 2.68. The van der Waals surface area contributed by atoms with E-state index in [4.69, 9.17) is 4.74 Å². The van der Waals surface area contributed by atoms with E-state index in [1.807, 2.05) is 6.20 Å². The molecule has 1 fully saturated rings. The second-order valence-corrected chi connectivity index (χ2v) is 5.32. The molecular weight excluding hydrogens is 248 g/mol. The zero-order valence-corrected chi connectivity index (χ0v) is 12.1. The predicted molar refractivity (Wildman–Crippen MR) is 82.2 cm³/mol. The van der Waals surface area contributed by atoms with Gasteiger partial charge in [0, 0.05) is 19.3 Å². The standard InChI is InChI=1S/C17H20N2O/c1-13-3-4-14(2)16(11-13)15-5-6-18-17(12-15)19-7-9-20-10-8-19/h3-6,11-12H,7-10H2,1-2H3. The second-order valence-electron chi connectivity index (χ2n) is 5.32. The second kappa shape index (κ2) is 5.63. The van der Waals surface area contributed by atoms with Crippen molar-refractivity contribution in [2.24, 2.45) is 0 Å². The molecule has 1 aliphatic rings. The zero-order valence-electron chi connectivity index (χ0n) is 12.1. The van der Waals surface area contributed by atoms with Gasteiger partial charge in [-0.25, -0.2) is 4.98 Å². The van der Waals surface area contributed by atoms with Crippen LogP contribution in [0.5, 0.6) is 0 Å². The normalized spacial score (nSPS) is 15.4. The van der Waals surface area contributed by atoms with Gasteiger partial charge in [0.25, 0.3) is 0 Å². The number of morpholine rings is 1. The van der Waals surface area contributed by atoms with E-state index in [1.54, 1.807) is 0 Å². The summed E-state index contributed by atoms with van der Waals surface area (Å²) in [5, 5.41) is 0. The molecule has 20 heavy (non-hydrogen) atoms. The summed E-state index contributed by atoms with van der Waals surface area (Å²) in [5.74, 6) is 1.05. The first-order valence-corrected chi connectivity index (χ1v) is 7.10. The number of aryl methyl sites for hydroxylation is 2. The van der Waals surface area contributed by atoms with Crippen LogP contribution >= 0.6 is 0 Å². The summed E-state index contributed by atoms with van der Waals surface area (Å²) in [4.78, 5) is 6.80. The van der Waals surface area contributed by atoms with Gasteiger partial charge >= 0.3 is 0 Å². The zero-order chi connectivity index (χ0) is 13.9. The Kier molecular flexibility index (Phi) is 3.70. The van der Waals surface area contributed by atoms with E-state index >= 15 is 0 Å². The highest BCUT2D eigenvalue weighted by Crippen LogP contribution is 2.27. The van der Waals surface area contributed by atoms with Crippen LogP contribution in [-0.4, -0.2) is 31.3 Å². The Hall–Kier alpha value is -1.87. The number of ether oxygens (including phenoxy) is 1. The Labute approximate surface area is 120 Å². The highest BCUT2D eigenvalue weighted by molar-refractivity contribution is 5.70. The van der Waals surface area contributed by atoms with Crippen LogP contribution in [0.25, 0.3) is 11.1 Å². The van der Waals surface area contributed by atoms with Crippen LogP contribution in [0.3, 0.4) is 0 Å². The van der Waals surface area contributed by atoms with Crippen LogP contribution in [-0.2, 0) is 4.74 Å². The van der Waals surface area contributed by atoms with Crippen LogP contribution in [0.15, 0.2) is 36.5 Å². The van der Waals surface area contributed by atoms with Crippen molar-refractivity contribution in [2.75, 3.05) is 31.2 Å². The number of rotatable bonds is 2. The van der Waals surface area contributed by atoms with Crippen molar-refractivity contribution in [3.8, 4) is 11.1 Å². The molecule has 1 aliphatic heterocycles. The van der Waals surface area contributed by atoms with E-state index in [9.17, 15) is 0 Å². The van der Waals surface area contributed by atoms with E-state index in [-0.39, 0.29) is 0 Å². The van der Waals surface area contributed by atoms with Crippen molar-refractivity contribution in [2.45, 2.75) is 13.8 Å². The summed E-state index contributed by atoms with van der Waals surface area (Å²) in [6.07, 6.45) is 1.90. The van der Waals surface area contributed by atoms with Gasteiger partial charge in [-0.1, -0.05) is 23.8 Å².